The van der Waals surface area contributed by atoms with Gasteiger partial charge in [0.2, 0.25) is 5.91 Å². The molecule has 1 aromatic heterocycles. The van der Waals surface area contributed by atoms with Gasteiger partial charge < -0.3 is 11.1 Å². The molecule has 0 aliphatic rings. The normalized spacial score (nSPS) is 12.3. The summed E-state index contributed by atoms with van der Waals surface area (Å²) >= 11 is 1.73. The third-order valence-corrected chi connectivity index (χ3v) is 3.86. The lowest BCUT2D eigenvalue weighted by molar-refractivity contribution is -0.119. The van der Waals surface area contributed by atoms with Crippen molar-refractivity contribution in [2.75, 3.05) is 0 Å². The fraction of sp³-hybridized carbons (Fsp3) is 0.214. The van der Waals surface area contributed by atoms with E-state index in [0.29, 0.717) is 6.54 Å². The second kappa shape index (κ2) is 5.80. The smallest absolute Gasteiger partial charge is 0.234 e. The van der Waals surface area contributed by atoms with E-state index in [1.165, 1.54) is 15.3 Å². The van der Waals surface area contributed by atoms with Gasteiger partial charge in [-0.15, -0.1) is 11.3 Å². The molecular weight excluding hydrogens is 244 g/mol. The Morgan fingerprint density at radius 1 is 1.28 bits per heavy atom. The maximum absolute atomic E-state index is 10.9. The highest BCUT2D eigenvalue weighted by molar-refractivity contribution is 7.15. The number of hydrogen-bond acceptors (Lipinski definition) is 3. The Bertz CT molecular complexity index is 522. The van der Waals surface area contributed by atoms with Crippen LogP contribution in [0.2, 0.25) is 0 Å². The van der Waals surface area contributed by atoms with Gasteiger partial charge in [-0.1, -0.05) is 30.3 Å². The van der Waals surface area contributed by atoms with Crippen molar-refractivity contribution in [2.45, 2.75) is 19.5 Å². The summed E-state index contributed by atoms with van der Waals surface area (Å²) in [5, 5.41) is 3.10. The monoisotopic (exact) mass is 260 g/mol. The second-order valence-electron chi connectivity index (χ2n) is 4.14. The second-order valence-corrected chi connectivity index (χ2v) is 5.31. The number of benzene rings is 1. The first kappa shape index (κ1) is 12.8. The first-order valence-corrected chi connectivity index (χ1v) is 6.65. The van der Waals surface area contributed by atoms with Crippen molar-refractivity contribution < 1.29 is 4.79 Å². The molecule has 3 nitrogen and oxygen atoms in total. The number of amides is 1. The lowest BCUT2D eigenvalue weighted by atomic mass is 10.2. The van der Waals surface area contributed by atoms with Gasteiger partial charge in [0.15, 0.2) is 0 Å². The molecule has 0 aliphatic heterocycles. The molecule has 4 heteroatoms. The zero-order chi connectivity index (χ0) is 13.0. The lowest BCUT2D eigenvalue weighted by Gasteiger charge is -2.07. The van der Waals surface area contributed by atoms with Crippen LogP contribution in [0.5, 0.6) is 0 Å². The van der Waals surface area contributed by atoms with Crippen molar-refractivity contribution >= 4 is 17.2 Å². The molecule has 0 radical (unpaired) electrons. The van der Waals surface area contributed by atoms with Gasteiger partial charge in [0.25, 0.3) is 0 Å². The Hall–Kier alpha value is -1.65. The van der Waals surface area contributed by atoms with Gasteiger partial charge in [0.1, 0.15) is 0 Å². The van der Waals surface area contributed by atoms with E-state index in [1.807, 2.05) is 18.2 Å². The molecule has 2 aromatic rings. The Kier molecular flexibility index (Phi) is 4.12. The highest BCUT2D eigenvalue weighted by Crippen LogP contribution is 2.27. The molecule has 1 atom stereocenters. The van der Waals surface area contributed by atoms with E-state index >= 15 is 0 Å². The molecule has 0 saturated carbocycles. The molecule has 0 aliphatic carbocycles. The summed E-state index contributed by atoms with van der Waals surface area (Å²) in [5.41, 5.74) is 6.42. The summed E-state index contributed by atoms with van der Waals surface area (Å²) < 4.78 is 0. The molecule has 1 heterocycles. The van der Waals surface area contributed by atoms with Crippen molar-refractivity contribution in [1.82, 2.24) is 5.32 Å². The van der Waals surface area contributed by atoms with Crippen LogP contribution in [0.3, 0.4) is 0 Å². The largest absolute Gasteiger partial charge is 0.368 e. The fourth-order valence-corrected chi connectivity index (χ4v) is 2.55. The number of rotatable bonds is 5. The third kappa shape index (κ3) is 3.18. The van der Waals surface area contributed by atoms with Gasteiger partial charge in [0.05, 0.1) is 6.04 Å². The van der Waals surface area contributed by atoms with Crippen LogP contribution in [-0.2, 0) is 11.3 Å². The molecule has 1 amide bonds. The number of nitrogens with two attached hydrogens (primary N) is 1. The van der Waals surface area contributed by atoms with Crippen LogP contribution in [0.4, 0.5) is 0 Å². The van der Waals surface area contributed by atoms with Crippen LogP contribution < -0.4 is 11.1 Å². The van der Waals surface area contributed by atoms with Crippen LogP contribution in [0.1, 0.15) is 11.8 Å². The van der Waals surface area contributed by atoms with Crippen molar-refractivity contribution in [3.63, 3.8) is 0 Å². The summed E-state index contributed by atoms with van der Waals surface area (Å²) in [6.07, 6.45) is 0. The van der Waals surface area contributed by atoms with E-state index in [9.17, 15) is 4.79 Å². The fourth-order valence-electron chi connectivity index (χ4n) is 1.58. The third-order valence-electron chi connectivity index (χ3n) is 2.73. The van der Waals surface area contributed by atoms with E-state index in [-0.39, 0.29) is 11.9 Å². The SMILES string of the molecule is CC(NCc1ccc(-c2ccccc2)s1)C(N)=O. The highest BCUT2D eigenvalue weighted by Gasteiger charge is 2.08. The molecule has 0 fully saturated rings. The molecule has 18 heavy (non-hydrogen) atoms. The zero-order valence-electron chi connectivity index (χ0n) is 10.2. The quantitative estimate of drug-likeness (QED) is 0.867. The molecular formula is C14H16N2OS. The standard InChI is InChI=1S/C14H16N2OS/c1-10(14(15)17)16-9-12-7-8-13(18-12)11-5-3-2-4-6-11/h2-8,10,16H,9H2,1H3,(H2,15,17). The van der Waals surface area contributed by atoms with E-state index < -0.39 is 0 Å². The van der Waals surface area contributed by atoms with Gasteiger partial charge in [0, 0.05) is 16.3 Å². The Balaban J connectivity index is 2.01. The minimum absolute atomic E-state index is 0.299. The Morgan fingerprint density at radius 2 is 2.00 bits per heavy atom. The first-order chi connectivity index (χ1) is 8.66. The molecule has 94 valence electrons. The maximum Gasteiger partial charge on any atom is 0.234 e. The highest BCUT2D eigenvalue weighted by atomic mass is 32.1. The van der Waals surface area contributed by atoms with Crippen molar-refractivity contribution in [2.24, 2.45) is 5.73 Å². The van der Waals surface area contributed by atoms with Crippen LogP contribution in [0.15, 0.2) is 42.5 Å². The van der Waals surface area contributed by atoms with Gasteiger partial charge in [-0.2, -0.15) is 0 Å². The van der Waals surface area contributed by atoms with Crippen molar-refractivity contribution in [3.8, 4) is 10.4 Å². The average molecular weight is 260 g/mol. The predicted octanol–water partition coefficient (Wildman–Crippen LogP) is 2.38. The van der Waals surface area contributed by atoms with Crippen molar-refractivity contribution in [1.29, 1.82) is 0 Å². The molecule has 0 spiro atoms. The Labute approximate surface area is 111 Å². The van der Waals surface area contributed by atoms with Crippen molar-refractivity contribution in [3.05, 3.63) is 47.3 Å². The van der Waals surface area contributed by atoms with Gasteiger partial charge in [-0.3, -0.25) is 4.79 Å². The predicted molar refractivity (Wildman–Crippen MR) is 75.3 cm³/mol. The number of thiophene rings is 1. The Morgan fingerprint density at radius 3 is 2.67 bits per heavy atom. The van der Waals surface area contributed by atoms with Crippen LogP contribution >= 0.6 is 11.3 Å². The van der Waals surface area contributed by atoms with E-state index in [1.54, 1.807) is 18.3 Å². The van der Waals surface area contributed by atoms with Crippen LogP contribution in [0, 0.1) is 0 Å². The molecule has 2 rings (SSSR count). The van der Waals surface area contributed by atoms with Gasteiger partial charge in [-0.25, -0.2) is 0 Å². The average Bonchev–Trinajstić information content (AvgIpc) is 2.85. The molecule has 0 bridgehead atoms. The summed E-state index contributed by atoms with van der Waals surface area (Å²) in [7, 11) is 0. The summed E-state index contributed by atoms with van der Waals surface area (Å²) in [4.78, 5) is 13.3. The zero-order valence-corrected chi connectivity index (χ0v) is 11.0. The minimum atomic E-state index is -0.324. The molecule has 0 saturated heterocycles. The minimum Gasteiger partial charge on any atom is -0.368 e. The van der Waals surface area contributed by atoms with E-state index in [4.69, 9.17) is 5.73 Å². The number of carbonyl (C=O) groups excluding carboxylic acids is 1. The van der Waals surface area contributed by atoms with E-state index in [0.717, 1.165) is 0 Å². The number of hydrogen-bond donors (Lipinski definition) is 2. The molecule has 1 unspecified atom stereocenters. The number of carbonyl (C=O) groups is 1. The maximum atomic E-state index is 10.9. The number of nitrogens with one attached hydrogen (secondary N) is 1. The molecule has 3 N–H and O–H groups in total. The van der Waals surface area contributed by atoms with Gasteiger partial charge >= 0.3 is 0 Å². The number of primary amides is 1. The summed E-state index contributed by atoms with van der Waals surface area (Å²) in [6, 6.07) is 14.1. The summed E-state index contributed by atoms with van der Waals surface area (Å²) in [5.74, 6) is -0.324. The van der Waals surface area contributed by atoms with Crippen LogP contribution in [0.25, 0.3) is 10.4 Å². The van der Waals surface area contributed by atoms with Crippen LogP contribution in [-0.4, -0.2) is 11.9 Å². The van der Waals surface area contributed by atoms with E-state index in [2.05, 4.69) is 29.6 Å². The topological polar surface area (TPSA) is 55.1 Å². The summed E-state index contributed by atoms with van der Waals surface area (Å²) in [6.45, 7) is 2.44. The first-order valence-electron chi connectivity index (χ1n) is 5.83. The molecule has 1 aromatic carbocycles. The lowest BCUT2D eigenvalue weighted by Crippen LogP contribution is -2.38. The van der Waals surface area contributed by atoms with Gasteiger partial charge in [-0.05, 0) is 24.6 Å².